The van der Waals surface area contributed by atoms with Crippen LogP contribution in [0.4, 0.5) is 11.6 Å². The van der Waals surface area contributed by atoms with Gasteiger partial charge in [0, 0.05) is 13.1 Å². The van der Waals surface area contributed by atoms with E-state index in [1.807, 2.05) is 0 Å². The van der Waals surface area contributed by atoms with Crippen molar-refractivity contribution in [1.82, 2.24) is 4.98 Å². The van der Waals surface area contributed by atoms with Gasteiger partial charge in [0.05, 0.1) is 15.6 Å². The van der Waals surface area contributed by atoms with E-state index in [1.54, 1.807) is 19.9 Å². The fourth-order valence-corrected chi connectivity index (χ4v) is 1.75. The summed E-state index contributed by atoms with van der Waals surface area (Å²) in [4.78, 5) is 4.32. The Labute approximate surface area is 118 Å². The zero-order chi connectivity index (χ0) is 13.8. The Kier molecular flexibility index (Phi) is 5.50. The molecule has 0 bridgehead atoms. The number of rotatable bonds is 6. The topological polar surface area (TPSA) is 57.2 Å². The summed E-state index contributed by atoms with van der Waals surface area (Å²) in [6.45, 7) is 6.62. The van der Waals surface area contributed by atoms with Crippen LogP contribution in [-0.2, 0) is 0 Å². The van der Waals surface area contributed by atoms with E-state index >= 15 is 0 Å². The monoisotopic (exact) mass is 291 g/mol. The van der Waals surface area contributed by atoms with E-state index in [0.717, 1.165) is 13.0 Å². The Balaban J connectivity index is 2.84. The van der Waals surface area contributed by atoms with Gasteiger partial charge in [-0.05, 0) is 26.3 Å². The zero-order valence-electron chi connectivity index (χ0n) is 10.8. The molecule has 0 saturated heterocycles. The number of anilines is 2. The largest absolute Gasteiger partial charge is 0.389 e. The Morgan fingerprint density at radius 2 is 1.78 bits per heavy atom. The summed E-state index contributed by atoms with van der Waals surface area (Å²) >= 11 is 12.1. The summed E-state index contributed by atoms with van der Waals surface area (Å²) in [7, 11) is 0. The van der Waals surface area contributed by atoms with Crippen LogP contribution >= 0.6 is 23.2 Å². The van der Waals surface area contributed by atoms with Crippen LogP contribution in [0.1, 0.15) is 27.2 Å². The van der Waals surface area contributed by atoms with Gasteiger partial charge in [0.15, 0.2) is 0 Å². The molecular formula is C12H19Cl2N3O. The second-order valence-electron chi connectivity index (χ2n) is 4.74. The van der Waals surface area contributed by atoms with E-state index in [1.165, 1.54) is 0 Å². The van der Waals surface area contributed by atoms with Crippen LogP contribution < -0.4 is 10.6 Å². The van der Waals surface area contributed by atoms with Crippen molar-refractivity contribution >= 4 is 34.8 Å². The highest BCUT2D eigenvalue weighted by molar-refractivity contribution is 6.37. The fraction of sp³-hybridized carbons (Fsp3) is 0.583. The van der Waals surface area contributed by atoms with Gasteiger partial charge >= 0.3 is 0 Å². The second kappa shape index (κ2) is 6.45. The number of aliphatic hydroxyl groups is 1. The van der Waals surface area contributed by atoms with Crippen LogP contribution in [0.5, 0.6) is 0 Å². The van der Waals surface area contributed by atoms with Gasteiger partial charge < -0.3 is 15.7 Å². The van der Waals surface area contributed by atoms with Crippen LogP contribution in [0.3, 0.4) is 0 Å². The van der Waals surface area contributed by atoms with Gasteiger partial charge in [0.2, 0.25) is 0 Å². The van der Waals surface area contributed by atoms with Crippen LogP contribution in [-0.4, -0.2) is 28.8 Å². The predicted molar refractivity (Wildman–Crippen MR) is 77.8 cm³/mol. The number of nitrogens with zero attached hydrogens (tertiary/aromatic N) is 1. The van der Waals surface area contributed by atoms with Gasteiger partial charge in [0.1, 0.15) is 11.6 Å². The van der Waals surface area contributed by atoms with Gasteiger partial charge in [-0.1, -0.05) is 30.1 Å². The Bertz CT molecular complexity index is 405. The van der Waals surface area contributed by atoms with Crippen molar-refractivity contribution in [2.45, 2.75) is 32.8 Å². The third kappa shape index (κ3) is 4.88. The van der Waals surface area contributed by atoms with Crippen molar-refractivity contribution in [2.24, 2.45) is 0 Å². The van der Waals surface area contributed by atoms with Crippen molar-refractivity contribution in [3.63, 3.8) is 0 Å². The molecule has 0 amide bonds. The standard InChI is InChI=1S/C12H19Cl2N3O/c1-4-5-15-10-8(13)6-9(14)11(17-10)16-7-12(2,3)18/h6,18H,4-5,7H2,1-3H3,(H2,15,16,17). The fourth-order valence-electron chi connectivity index (χ4n) is 1.26. The molecule has 0 aliphatic carbocycles. The van der Waals surface area contributed by atoms with Crippen LogP contribution in [0.25, 0.3) is 0 Å². The number of hydrogen-bond donors (Lipinski definition) is 3. The first-order valence-electron chi connectivity index (χ1n) is 5.89. The first kappa shape index (κ1) is 15.3. The molecule has 0 aromatic carbocycles. The second-order valence-corrected chi connectivity index (χ2v) is 5.56. The lowest BCUT2D eigenvalue weighted by Crippen LogP contribution is -2.29. The Morgan fingerprint density at radius 1 is 1.22 bits per heavy atom. The Hall–Kier alpha value is -0.710. The van der Waals surface area contributed by atoms with Crippen molar-refractivity contribution in [3.05, 3.63) is 16.1 Å². The molecule has 1 rings (SSSR count). The van der Waals surface area contributed by atoms with Gasteiger partial charge in [0.25, 0.3) is 0 Å². The van der Waals surface area contributed by atoms with Crippen LogP contribution in [0.15, 0.2) is 6.07 Å². The number of aromatic nitrogens is 1. The maximum atomic E-state index is 9.66. The highest BCUT2D eigenvalue weighted by Gasteiger charge is 2.14. The van der Waals surface area contributed by atoms with E-state index in [4.69, 9.17) is 23.2 Å². The molecule has 1 aromatic rings. The van der Waals surface area contributed by atoms with Crippen molar-refractivity contribution in [2.75, 3.05) is 23.7 Å². The number of halogens is 2. The molecule has 6 heteroatoms. The summed E-state index contributed by atoms with van der Waals surface area (Å²) in [5.74, 6) is 1.11. The third-order valence-electron chi connectivity index (χ3n) is 2.16. The van der Waals surface area contributed by atoms with Gasteiger partial charge in [-0.3, -0.25) is 0 Å². The molecule has 0 atom stereocenters. The maximum absolute atomic E-state index is 9.66. The molecule has 0 aliphatic rings. The van der Waals surface area contributed by atoms with E-state index in [2.05, 4.69) is 22.5 Å². The minimum atomic E-state index is -0.832. The molecule has 0 spiro atoms. The molecule has 0 aliphatic heterocycles. The summed E-state index contributed by atoms with van der Waals surface area (Å²) in [6.07, 6.45) is 0.979. The van der Waals surface area contributed by atoms with E-state index < -0.39 is 5.60 Å². The van der Waals surface area contributed by atoms with E-state index in [0.29, 0.717) is 28.2 Å². The minimum absolute atomic E-state index is 0.356. The molecule has 18 heavy (non-hydrogen) atoms. The summed E-state index contributed by atoms with van der Waals surface area (Å²) in [5.41, 5.74) is -0.832. The average Bonchev–Trinajstić information content (AvgIpc) is 2.25. The average molecular weight is 292 g/mol. The first-order valence-corrected chi connectivity index (χ1v) is 6.65. The van der Waals surface area contributed by atoms with Gasteiger partial charge in [-0.2, -0.15) is 0 Å². The lowest BCUT2D eigenvalue weighted by atomic mass is 10.1. The lowest BCUT2D eigenvalue weighted by Gasteiger charge is -2.19. The number of hydrogen-bond acceptors (Lipinski definition) is 4. The Morgan fingerprint density at radius 3 is 2.28 bits per heavy atom. The number of nitrogens with one attached hydrogen (secondary N) is 2. The highest BCUT2D eigenvalue weighted by Crippen LogP contribution is 2.29. The van der Waals surface area contributed by atoms with Gasteiger partial charge in [-0.15, -0.1) is 0 Å². The van der Waals surface area contributed by atoms with Crippen LogP contribution in [0, 0.1) is 0 Å². The SMILES string of the molecule is CCCNc1nc(NCC(C)(C)O)c(Cl)cc1Cl. The molecule has 4 nitrogen and oxygen atoms in total. The van der Waals surface area contributed by atoms with Crippen molar-refractivity contribution in [1.29, 1.82) is 0 Å². The number of pyridine rings is 1. The van der Waals surface area contributed by atoms with Crippen molar-refractivity contribution < 1.29 is 5.11 Å². The normalized spacial score (nSPS) is 11.4. The molecule has 102 valence electrons. The lowest BCUT2D eigenvalue weighted by molar-refractivity contribution is 0.0944. The quantitative estimate of drug-likeness (QED) is 0.752. The zero-order valence-corrected chi connectivity index (χ0v) is 12.4. The first-order chi connectivity index (χ1) is 8.33. The van der Waals surface area contributed by atoms with Gasteiger partial charge in [-0.25, -0.2) is 4.98 Å². The summed E-state index contributed by atoms with van der Waals surface area (Å²) in [5, 5.41) is 16.7. The summed E-state index contributed by atoms with van der Waals surface area (Å²) in [6, 6.07) is 1.64. The molecule has 3 N–H and O–H groups in total. The van der Waals surface area contributed by atoms with E-state index in [9.17, 15) is 5.11 Å². The minimum Gasteiger partial charge on any atom is -0.389 e. The molecule has 1 heterocycles. The molecule has 0 fully saturated rings. The predicted octanol–water partition coefficient (Wildman–Crippen LogP) is 3.39. The smallest absolute Gasteiger partial charge is 0.147 e. The third-order valence-corrected chi connectivity index (χ3v) is 2.74. The molecule has 0 unspecified atom stereocenters. The molecular weight excluding hydrogens is 273 g/mol. The summed E-state index contributed by atoms with van der Waals surface area (Å²) < 4.78 is 0. The van der Waals surface area contributed by atoms with Crippen molar-refractivity contribution in [3.8, 4) is 0 Å². The highest BCUT2D eigenvalue weighted by atomic mass is 35.5. The molecule has 0 radical (unpaired) electrons. The molecule has 1 aromatic heterocycles. The maximum Gasteiger partial charge on any atom is 0.147 e. The van der Waals surface area contributed by atoms with E-state index in [-0.39, 0.29) is 0 Å². The van der Waals surface area contributed by atoms with Crippen LogP contribution in [0.2, 0.25) is 10.0 Å². The molecule has 0 saturated carbocycles.